The first-order valence-electron chi connectivity index (χ1n) is 9.18. The number of carbonyl (C=O) groups is 1. The van der Waals surface area contributed by atoms with E-state index in [1.54, 1.807) is 84.7 Å². The van der Waals surface area contributed by atoms with E-state index in [4.69, 9.17) is 21.7 Å². The monoisotopic (exact) mass is 416 g/mol. The second-order valence-electron chi connectivity index (χ2n) is 6.55. The van der Waals surface area contributed by atoms with Gasteiger partial charge in [-0.15, -0.1) is 0 Å². The number of halogens is 1. The summed E-state index contributed by atoms with van der Waals surface area (Å²) in [4.78, 5) is 13.6. The fraction of sp³-hybridized carbons (Fsp3) is 0.125. The third kappa shape index (κ3) is 4.47. The number of methoxy groups -OCH3 is 1. The number of rotatable bonds is 7. The van der Waals surface area contributed by atoms with Crippen LogP contribution in [-0.4, -0.2) is 18.8 Å². The molecular formula is C24H19ClN3O2+. The number of hydrogen-bond donors (Lipinski definition) is 1. The summed E-state index contributed by atoms with van der Waals surface area (Å²) < 4.78 is 6.91. The molecule has 2 aromatic carbocycles. The third-order valence-corrected chi connectivity index (χ3v) is 5.01. The van der Waals surface area contributed by atoms with Gasteiger partial charge >= 0.3 is 0 Å². The topological polar surface area (TPSA) is 77.8 Å². The van der Waals surface area contributed by atoms with E-state index in [1.165, 1.54) is 0 Å². The van der Waals surface area contributed by atoms with Crippen molar-refractivity contribution in [1.29, 1.82) is 10.7 Å². The number of nitrogens with one attached hydrogen (secondary N) is 1. The maximum absolute atomic E-state index is 13.6. The number of Topliss-reactive ketones (excluding diaryl/α,β-unsaturated/α-hetero) is 1. The highest BCUT2D eigenvalue weighted by Crippen LogP contribution is 2.34. The molecule has 1 N–H and O–H groups in total. The zero-order chi connectivity index (χ0) is 21.5. The van der Waals surface area contributed by atoms with Gasteiger partial charge in [-0.25, -0.2) is 0 Å². The Morgan fingerprint density at radius 2 is 1.80 bits per heavy atom. The maximum Gasteiger partial charge on any atom is 0.232 e. The number of carbonyl (C=O) groups excluding carboxylic acids is 1. The Labute approximate surface area is 179 Å². The summed E-state index contributed by atoms with van der Waals surface area (Å²) in [5.74, 6) is 1.93. The van der Waals surface area contributed by atoms with Gasteiger partial charge in [0, 0.05) is 11.6 Å². The summed E-state index contributed by atoms with van der Waals surface area (Å²) in [7, 11) is 1.56. The molecule has 2 atom stereocenters. The molecule has 2 unspecified atom stereocenters. The van der Waals surface area contributed by atoms with Gasteiger partial charge in [0.05, 0.1) is 13.0 Å². The van der Waals surface area contributed by atoms with Crippen molar-refractivity contribution in [2.45, 2.75) is 12.0 Å². The van der Waals surface area contributed by atoms with Gasteiger partial charge in [0.25, 0.3) is 0 Å². The summed E-state index contributed by atoms with van der Waals surface area (Å²) in [5, 5.41) is 17.9. The summed E-state index contributed by atoms with van der Waals surface area (Å²) in [5.41, 5.74) is 1.23. The Morgan fingerprint density at radius 1 is 1.10 bits per heavy atom. The van der Waals surface area contributed by atoms with Crippen LogP contribution >= 0.6 is 11.6 Å². The molecule has 148 valence electrons. The molecule has 1 aromatic heterocycles. The second kappa shape index (κ2) is 9.67. The lowest BCUT2D eigenvalue weighted by molar-refractivity contribution is -0.709. The van der Waals surface area contributed by atoms with Crippen molar-refractivity contribution >= 4 is 23.3 Å². The summed E-state index contributed by atoms with van der Waals surface area (Å²) in [6.45, 7) is 0. The molecular weight excluding hydrogens is 398 g/mol. The molecule has 0 bridgehead atoms. The van der Waals surface area contributed by atoms with Gasteiger partial charge in [0.2, 0.25) is 11.8 Å². The van der Waals surface area contributed by atoms with E-state index in [0.29, 0.717) is 21.9 Å². The molecule has 5 nitrogen and oxygen atoms in total. The Balaban J connectivity index is 2.24. The molecule has 6 heteroatoms. The van der Waals surface area contributed by atoms with Gasteiger partial charge in [-0.2, -0.15) is 9.83 Å². The third-order valence-electron chi connectivity index (χ3n) is 4.79. The Kier molecular flexibility index (Phi) is 6.77. The molecule has 0 amide bonds. The van der Waals surface area contributed by atoms with Gasteiger partial charge in [-0.3, -0.25) is 10.2 Å². The number of hydrogen-bond acceptors (Lipinski definition) is 4. The molecule has 0 aliphatic heterocycles. The van der Waals surface area contributed by atoms with E-state index in [2.05, 4.69) is 5.87 Å². The minimum atomic E-state index is -0.841. The van der Waals surface area contributed by atoms with E-state index in [-0.39, 0.29) is 11.4 Å². The molecule has 3 rings (SSSR count). The number of ether oxygens (including phenoxy) is 1. The molecule has 0 aliphatic rings. The number of pyridine rings is 1. The van der Waals surface area contributed by atoms with Gasteiger partial charge in [-0.1, -0.05) is 54.1 Å². The highest BCUT2D eigenvalue weighted by Gasteiger charge is 2.41. The van der Waals surface area contributed by atoms with Crippen molar-refractivity contribution in [2.75, 3.05) is 7.11 Å². The predicted octanol–water partition coefficient (Wildman–Crippen LogP) is 4.54. The Hall–Kier alpha value is -3.71. The van der Waals surface area contributed by atoms with Gasteiger partial charge < -0.3 is 4.74 Å². The van der Waals surface area contributed by atoms with Crippen LogP contribution in [0.2, 0.25) is 5.02 Å². The number of allylic oxidation sites excluding steroid dienone is 1. The largest absolute Gasteiger partial charge is 0.497 e. The highest BCUT2D eigenvalue weighted by molar-refractivity contribution is 6.30. The average molecular weight is 417 g/mol. The molecule has 0 saturated heterocycles. The minimum Gasteiger partial charge on any atom is -0.497 e. The molecule has 1 heterocycles. The van der Waals surface area contributed by atoms with E-state index in [1.807, 2.05) is 12.1 Å². The fourth-order valence-electron chi connectivity index (χ4n) is 3.36. The standard InChI is InChI=1S/C24H19ClN3O2/c1-30-21-11-9-17(10-12-21)22(19(14-26)15-27)23(28-13-5-8-20(25)16-28)24(29)18-6-3-2-4-7-18/h2-13,16,22-23,26H,1H3/q+1. The van der Waals surface area contributed by atoms with Crippen LogP contribution in [0.1, 0.15) is 27.9 Å². The van der Waals surface area contributed by atoms with Crippen LogP contribution < -0.4 is 9.30 Å². The number of aromatic nitrogens is 1. The first-order chi connectivity index (χ1) is 14.6. The van der Waals surface area contributed by atoms with Crippen LogP contribution in [0.3, 0.4) is 0 Å². The second-order valence-corrected chi connectivity index (χ2v) is 6.98. The van der Waals surface area contributed by atoms with Crippen molar-refractivity contribution in [1.82, 2.24) is 0 Å². The first kappa shape index (κ1) is 21.0. The Morgan fingerprint density at radius 3 is 2.37 bits per heavy atom. The summed E-state index contributed by atoms with van der Waals surface area (Å²) in [6, 6.07) is 20.6. The number of benzene rings is 2. The zero-order valence-electron chi connectivity index (χ0n) is 16.2. The van der Waals surface area contributed by atoms with Gasteiger partial charge in [0.1, 0.15) is 22.4 Å². The minimum absolute atomic E-state index is 0.0434. The molecule has 30 heavy (non-hydrogen) atoms. The van der Waals surface area contributed by atoms with Crippen LogP contribution in [-0.2, 0) is 0 Å². The fourth-order valence-corrected chi connectivity index (χ4v) is 3.55. The van der Waals surface area contributed by atoms with Crippen molar-refractivity contribution < 1.29 is 14.1 Å². The first-order valence-corrected chi connectivity index (χ1v) is 9.56. The van der Waals surface area contributed by atoms with E-state index >= 15 is 0 Å². The summed E-state index contributed by atoms with van der Waals surface area (Å²) in [6.07, 6.45) is 3.37. The maximum atomic E-state index is 13.6. The Bertz CT molecular complexity index is 1130. The molecule has 0 radical (unpaired) electrons. The predicted molar refractivity (Wildman–Crippen MR) is 114 cm³/mol. The van der Waals surface area contributed by atoms with Crippen molar-refractivity contribution in [3.63, 3.8) is 0 Å². The number of ketones is 1. The lowest BCUT2D eigenvalue weighted by Crippen LogP contribution is -2.47. The van der Waals surface area contributed by atoms with Crippen LogP contribution in [0.15, 0.2) is 84.7 Å². The van der Waals surface area contributed by atoms with Crippen molar-refractivity contribution in [3.8, 4) is 11.8 Å². The highest BCUT2D eigenvalue weighted by atomic mass is 35.5. The lowest BCUT2D eigenvalue weighted by Gasteiger charge is -2.21. The molecule has 3 aromatic rings. The van der Waals surface area contributed by atoms with Crippen LogP contribution in [0.25, 0.3) is 0 Å². The van der Waals surface area contributed by atoms with Crippen LogP contribution in [0.4, 0.5) is 0 Å². The number of nitriles is 1. The van der Waals surface area contributed by atoms with Crippen LogP contribution in [0.5, 0.6) is 5.75 Å². The molecule has 0 saturated carbocycles. The smallest absolute Gasteiger partial charge is 0.232 e. The van der Waals surface area contributed by atoms with Crippen molar-refractivity contribution in [3.05, 3.63) is 101 Å². The normalized spacial score (nSPS) is 12.2. The van der Waals surface area contributed by atoms with Crippen molar-refractivity contribution in [2.24, 2.45) is 0 Å². The van der Waals surface area contributed by atoms with Gasteiger partial charge in [-0.05, 0) is 29.6 Å². The molecule has 0 fully saturated rings. The molecule has 0 spiro atoms. The van der Waals surface area contributed by atoms with E-state index < -0.39 is 12.0 Å². The molecule has 0 aliphatic carbocycles. The zero-order valence-corrected chi connectivity index (χ0v) is 17.0. The van der Waals surface area contributed by atoms with Crippen LogP contribution in [0, 0.1) is 16.7 Å². The average Bonchev–Trinajstić information content (AvgIpc) is 2.79. The lowest BCUT2D eigenvalue weighted by atomic mass is 9.82. The van der Waals surface area contributed by atoms with E-state index in [0.717, 1.165) is 0 Å². The van der Waals surface area contributed by atoms with E-state index in [9.17, 15) is 10.1 Å². The van der Waals surface area contributed by atoms with Gasteiger partial charge in [0.15, 0.2) is 12.4 Å². The quantitative estimate of drug-likeness (QED) is 0.266. The SMILES string of the molecule is COc1ccc(C(C(=C=N)C#N)C(C(=O)c2ccccc2)[n+]2cccc(Cl)c2)cc1. The number of nitrogens with zero attached hydrogens (tertiary/aromatic N) is 2. The summed E-state index contributed by atoms with van der Waals surface area (Å²) >= 11 is 6.20.